The van der Waals surface area contributed by atoms with E-state index in [1.165, 1.54) is 19.1 Å². The molecule has 4 aromatic rings. The Balaban J connectivity index is 1.76. The molecule has 9 nitrogen and oxygen atoms in total. The molecule has 1 aliphatic rings. The van der Waals surface area contributed by atoms with E-state index in [-0.39, 0.29) is 22.7 Å². The number of nitrogens with one attached hydrogen (secondary N) is 1. The van der Waals surface area contributed by atoms with Crippen LogP contribution in [0.25, 0.3) is 21.7 Å². The van der Waals surface area contributed by atoms with E-state index < -0.39 is 17.9 Å². The molecule has 0 saturated heterocycles. The number of aromatic amines is 1. The van der Waals surface area contributed by atoms with Crippen molar-refractivity contribution in [2.24, 2.45) is 5.73 Å². The molecule has 2 aromatic carbocycles. The molecular weight excluding hydrogens is 490 g/mol. The van der Waals surface area contributed by atoms with Crippen LogP contribution in [0.1, 0.15) is 11.5 Å². The summed E-state index contributed by atoms with van der Waals surface area (Å²) in [5.74, 6) is -1.80. The molecule has 0 saturated carbocycles. The Morgan fingerprint density at radius 2 is 1.84 bits per heavy atom. The number of methoxy groups -OCH3 is 2. The van der Waals surface area contributed by atoms with Crippen molar-refractivity contribution in [3.8, 4) is 16.8 Å². The summed E-state index contributed by atoms with van der Waals surface area (Å²) in [7, 11) is 2.43. The molecular formula is C27H21N5O4S. The summed E-state index contributed by atoms with van der Waals surface area (Å²) in [6, 6.07) is 20.1. The second-order valence-electron chi connectivity index (χ2n) is 8.10. The van der Waals surface area contributed by atoms with E-state index in [0.29, 0.717) is 28.1 Å². The Labute approximate surface area is 216 Å². The van der Waals surface area contributed by atoms with Gasteiger partial charge in [-0.05, 0) is 35.2 Å². The van der Waals surface area contributed by atoms with Crippen LogP contribution in [0, 0.1) is 11.3 Å². The minimum absolute atomic E-state index is 0.00162. The Morgan fingerprint density at radius 1 is 1.08 bits per heavy atom. The number of hydrogen-bond donors (Lipinski definition) is 2. The second kappa shape index (κ2) is 9.64. The molecule has 0 amide bonds. The van der Waals surface area contributed by atoms with Gasteiger partial charge < -0.3 is 20.2 Å². The second-order valence-corrected chi connectivity index (χ2v) is 9.05. The van der Waals surface area contributed by atoms with Gasteiger partial charge in [0.25, 0.3) is 0 Å². The van der Waals surface area contributed by atoms with Crippen LogP contribution in [0.4, 0.5) is 5.69 Å². The van der Waals surface area contributed by atoms with E-state index in [1.807, 2.05) is 23.6 Å². The monoisotopic (exact) mass is 511 g/mol. The van der Waals surface area contributed by atoms with Crippen LogP contribution in [-0.2, 0) is 19.1 Å². The fraction of sp³-hybridized carbons (Fsp3) is 0.111. The van der Waals surface area contributed by atoms with Gasteiger partial charge in [0, 0.05) is 0 Å². The number of nitriles is 1. The highest BCUT2D eigenvalue weighted by Gasteiger charge is 2.43. The number of allylic oxidation sites excluding steroid dienone is 1. The molecule has 1 aliphatic heterocycles. The van der Waals surface area contributed by atoms with Crippen molar-refractivity contribution in [1.29, 1.82) is 5.26 Å². The van der Waals surface area contributed by atoms with Crippen LogP contribution >= 0.6 is 11.3 Å². The third-order valence-electron chi connectivity index (χ3n) is 6.09. The van der Waals surface area contributed by atoms with Crippen LogP contribution < -0.4 is 10.6 Å². The maximum Gasteiger partial charge on any atom is 0.355 e. The predicted molar refractivity (Wildman–Crippen MR) is 139 cm³/mol. The number of carbonyl (C=O) groups excluding carboxylic acids is 2. The number of hydrogen-bond acceptors (Lipinski definition) is 9. The van der Waals surface area contributed by atoms with Gasteiger partial charge in [0.2, 0.25) is 0 Å². The van der Waals surface area contributed by atoms with Gasteiger partial charge >= 0.3 is 11.9 Å². The quantitative estimate of drug-likeness (QED) is 0.381. The van der Waals surface area contributed by atoms with Crippen molar-refractivity contribution in [3.05, 3.63) is 94.3 Å². The Kier molecular flexibility index (Phi) is 6.21. The first kappa shape index (κ1) is 23.8. The minimum Gasteiger partial charge on any atom is -0.466 e. The number of ether oxygens (including phenoxy) is 2. The van der Waals surface area contributed by atoms with Gasteiger partial charge in [-0.2, -0.15) is 5.26 Å². The van der Waals surface area contributed by atoms with Crippen LogP contribution in [-0.4, -0.2) is 36.1 Å². The lowest BCUT2D eigenvalue weighted by molar-refractivity contribution is -0.139. The third-order valence-corrected chi connectivity index (χ3v) is 6.97. The number of nitrogens with two attached hydrogens (primary N) is 1. The molecule has 3 heterocycles. The maximum atomic E-state index is 13.2. The number of H-pyrrole nitrogens is 1. The van der Waals surface area contributed by atoms with Crippen LogP contribution in [0.3, 0.4) is 0 Å². The van der Waals surface area contributed by atoms with Crippen LogP contribution in [0.2, 0.25) is 0 Å². The Hall–Kier alpha value is -4.88. The smallest absolute Gasteiger partial charge is 0.355 e. The van der Waals surface area contributed by atoms with Gasteiger partial charge in [-0.3, -0.25) is 4.90 Å². The summed E-state index contributed by atoms with van der Waals surface area (Å²) < 4.78 is 10.2. The number of esters is 2. The normalized spacial score (nSPS) is 15.6. The highest BCUT2D eigenvalue weighted by molar-refractivity contribution is 7.13. The number of anilines is 1. The van der Waals surface area contributed by atoms with E-state index in [1.54, 1.807) is 53.8 Å². The highest BCUT2D eigenvalue weighted by Crippen LogP contribution is 2.43. The number of thiophene rings is 1. The fourth-order valence-electron chi connectivity index (χ4n) is 4.45. The molecule has 10 heteroatoms. The molecule has 1 unspecified atom stereocenters. The zero-order valence-electron chi connectivity index (χ0n) is 19.9. The largest absolute Gasteiger partial charge is 0.466 e. The molecule has 3 N–H and O–H groups in total. The number of aromatic nitrogens is 2. The van der Waals surface area contributed by atoms with Gasteiger partial charge in [0.15, 0.2) is 0 Å². The molecule has 2 aromatic heterocycles. The van der Waals surface area contributed by atoms with Gasteiger partial charge in [-0.1, -0.05) is 36.4 Å². The minimum atomic E-state index is -0.926. The van der Waals surface area contributed by atoms with Crippen LogP contribution in [0.15, 0.2) is 88.7 Å². The summed E-state index contributed by atoms with van der Waals surface area (Å²) in [5.41, 5.74) is 8.92. The highest BCUT2D eigenvalue weighted by atomic mass is 32.1. The number of benzene rings is 2. The molecule has 184 valence electrons. The molecule has 0 radical (unpaired) electrons. The summed E-state index contributed by atoms with van der Waals surface area (Å²) in [6.07, 6.45) is 0. The van der Waals surface area contributed by atoms with Crippen molar-refractivity contribution in [2.75, 3.05) is 19.1 Å². The molecule has 0 bridgehead atoms. The topological polar surface area (TPSA) is 134 Å². The first-order valence-corrected chi connectivity index (χ1v) is 12.1. The van der Waals surface area contributed by atoms with Crippen molar-refractivity contribution in [2.45, 2.75) is 5.92 Å². The van der Waals surface area contributed by atoms with E-state index in [9.17, 15) is 14.9 Å². The standard InChI is InChI=1S/C27H21N5O4S/c1-35-26(33)22-21(15-7-4-3-5-8-15)17(14-28)24(29)32(23(22)27(34)36-2)16-10-11-18-19(13-16)31-25(30-18)20-9-6-12-37-20/h3-13,21H,29H2,1-2H3,(H,30,31). The lowest BCUT2D eigenvalue weighted by Crippen LogP contribution is -2.40. The number of rotatable bonds is 5. The van der Waals surface area contributed by atoms with Crippen molar-refractivity contribution >= 4 is 40.0 Å². The molecule has 5 rings (SSSR count). The molecule has 37 heavy (non-hydrogen) atoms. The van der Waals surface area contributed by atoms with Crippen molar-refractivity contribution in [1.82, 2.24) is 9.97 Å². The zero-order valence-corrected chi connectivity index (χ0v) is 20.7. The fourth-order valence-corrected chi connectivity index (χ4v) is 5.12. The maximum absolute atomic E-state index is 13.2. The first-order valence-electron chi connectivity index (χ1n) is 11.2. The SMILES string of the molecule is COC(=O)C1=C(C(=O)OC)N(c2ccc3nc(-c4cccs4)[nH]c3c2)C(N)=C(C#N)C1c1ccccc1. The first-order chi connectivity index (χ1) is 18.0. The van der Waals surface area contributed by atoms with Gasteiger partial charge in [-0.15, -0.1) is 11.3 Å². The average molecular weight is 512 g/mol. The summed E-state index contributed by atoms with van der Waals surface area (Å²) in [5, 5.41) is 12.1. The predicted octanol–water partition coefficient (Wildman–Crippen LogP) is 4.19. The van der Waals surface area contributed by atoms with Crippen LogP contribution in [0.5, 0.6) is 0 Å². The Bertz CT molecular complexity index is 1610. The lowest BCUT2D eigenvalue weighted by atomic mass is 9.81. The molecule has 0 aliphatic carbocycles. The van der Waals surface area contributed by atoms with E-state index in [2.05, 4.69) is 16.0 Å². The summed E-state index contributed by atoms with van der Waals surface area (Å²) >= 11 is 1.55. The van der Waals surface area contributed by atoms with Crippen molar-refractivity contribution in [3.63, 3.8) is 0 Å². The average Bonchev–Trinajstić information content (AvgIpc) is 3.61. The number of nitrogens with zero attached hydrogens (tertiary/aromatic N) is 3. The van der Waals surface area contributed by atoms with E-state index >= 15 is 0 Å². The lowest BCUT2D eigenvalue weighted by Gasteiger charge is -2.35. The Morgan fingerprint density at radius 3 is 2.49 bits per heavy atom. The van der Waals surface area contributed by atoms with Gasteiger partial charge in [0.05, 0.1) is 59.0 Å². The van der Waals surface area contributed by atoms with Gasteiger partial charge in [0.1, 0.15) is 17.3 Å². The third kappa shape index (κ3) is 4.01. The van der Waals surface area contributed by atoms with E-state index in [0.717, 1.165) is 4.88 Å². The van der Waals surface area contributed by atoms with E-state index in [4.69, 9.17) is 15.2 Å². The zero-order chi connectivity index (χ0) is 26.1. The number of carbonyl (C=O) groups is 2. The van der Waals surface area contributed by atoms with Crippen molar-refractivity contribution < 1.29 is 19.1 Å². The van der Waals surface area contributed by atoms with Gasteiger partial charge in [-0.25, -0.2) is 14.6 Å². The number of imidazole rings is 1. The summed E-state index contributed by atoms with van der Waals surface area (Å²) in [6.45, 7) is 0. The summed E-state index contributed by atoms with van der Waals surface area (Å²) in [4.78, 5) is 36.6. The number of fused-ring (bicyclic) bond motifs is 1. The molecule has 1 atom stereocenters. The molecule has 0 spiro atoms. The molecule has 0 fully saturated rings.